The van der Waals surface area contributed by atoms with Crippen LogP contribution in [0.4, 0.5) is 10.5 Å². The highest BCUT2D eigenvalue weighted by Crippen LogP contribution is 2.60. The summed E-state index contributed by atoms with van der Waals surface area (Å²) in [4.78, 5) is 37.4. The topological polar surface area (TPSA) is 96.5 Å². The van der Waals surface area contributed by atoms with Gasteiger partial charge in [0, 0.05) is 30.6 Å². The van der Waals surface area contributed by atoms with Crippen LogP contribution in [0.2, 0.25) is 0 Å². The number of alkyl carbamates (subject to hydrolysis) is 1. The Morgan fingerprint density at radius 3 is 2.18 bits per heavy atom. The molecular formula is C26H37N3O4. The van der Waals surface area contributed by atoms with Crippen molar-refractivity contribution in [2.24, 2.45) is 23.2 Å². The molecule has 180 valence electrons. The highest BCUT2D eigenvalue weighted by atomic mass is 16.6. The molecule has 0 atom stereocenters. The maximum atomic E-state index is 13.3. The molecule has 4 bridgehead atoms. The van der Waals surface area contributed by atoms with Crippen molar-refractivity contribution in [1.82, 2.24) is 10.6 Å². The second-order valence-corrected chi connectivity index (χ2v) is 11.3. The Morgan fingerprint density at radius 1 is 0.970 bits per heavy atom. The van der Waals surface area contributed by atoms with Crippen LogP contribution in [-0.4, -0.2) is 30.1 Å². The van der Waals surface area contributed by atoms with Gasteiger partial charge >= 0.3 is 6.09 Å². The van der Waals surface area contributed by atoms with Crippen molar-refractivity contribution >= 4 is 23.6 Å². The fraction of sp³-hybridized carbons (Fsp3) is 0.654. The van der Waals surface area contributed by atoms with E-state index in [1.54, 1.807) is 20.8 Å². The molecule has 4 saturated carbocycles. The van der Waals surface area contributed by atoms with E-state index in [-0.39, 0.29) is 30.2 Å². The summed E-state index contributed by atoms with van der Waals surface area (Å²) in [5.74, 6) is 2.16. The van der Waals surface area contributed by atoms with Crippen molar-refractivity contribution in [2.75, 3.05) is 11.9 Å². The molecular weight excluding hydrogens is 418 g/mol. The summed E-state index contributed by atoms with van der Waals surface area (Å²) in [6, 6.07) is 7.53. The zero-order valence-electron chi connectivity index (χ0n) is 20.0. The van der Waals surface area contributed by atoms with Gasteiger partial charge in [0.15, 0.2) is 0 Å². The Morgan fingerprint density at radius 2 is 1.58 bits per heavy atom. The number of carbonyl (C=O) groups is 3. The SMILES string of the molecule is CC(C)(C)OC(=O)NCCC(=O)Nc1ccccc1CNC(=O)C12CC3CC(CC(C3)C1)C2. The molecule has 0 radical (unpaired) electrons. The zero-order chi connectivity index (χ0) is 23.6. The first-order chi connectivity index (χ1) is 15.6. The fourth-order valence-electron chi connectivity index (χ4n) is 6.35. The minimum Gasteiger partial charge on any atom is -0.444 e. The maximum Gasteiger partial charge on any atom is 0.407 e. The molecule has 4 fully saturated rings. The van der Waals surface area contributed by atoms with Crippen molar-refractivity contribution < 1.29 is 19.1 Å². The maximum absolute atomic E-state index is 13.3. The van der Waals surface area contributed by atoms with Crippen molar-refractivity contribution in [3.63, 3.8) is 0 Å². The van der Waals surface area contributed by atoms with Crippen LogP contribution in [0.15, 0.2) is 24.3 Å². The minimum absolute atomic E-state index is 0.132. The van der Waals surface area contributed by atoms with Gasteiger partial charge in [-0.1, -0.05) is 18.2 Å². The van der Waals surface area contributed by atoms with Gasteiger partial charge in [-0.2, -0.15) is 0 Å². The summed E-state index contributed by atoms with van der Waals surface area (Å²) in [5.41, 5.74) is 0.807. The predicted molar refractivity (Wildman–Crippen MR) is 126 cm³/mol. The Bertz CT molecular complexity index is 870. The second kappa shape index (κ2) is 9.35. The molecule has 1 aromatic carbocycles. The van der Waals surface area contributed by atoms with E-state index in [1.165, 1.54) is 19.3 Å². The lowest BCUT2D eigenvalue weighted by Gasteiger charge is -2.55. The van der Waals surface area contributed by atoms with Crippen LogP contribution in [0.5, 0.6) is 0 Å². The number of amides is 3. The van der Waals surface area contributed by atoms with E-state index < -0.39 is 11.7 Å². The van der Waals surface area contributed by atoms with E-state index in [4.69, 9.17) is 4.74 Å². The van der Waals surface area contributed by atoms with E-state index in [2.05, 4.69) is 16.0 Å². The van der Waals surface area contributed by atoms with Gasteiger partial charge < -0.3 is 20.7 Å². The lowest BCUT2D eigenvalue weighted by Crippen LogP contribution is -2.53. The molecule has 7 nitrogen and oxygen atoms in total. The van der Waals surface area contributed by atoms with Crippen LogP contribution in [0.1, 0.15) is 71.3 Å². The van der Waals surface area contributed by atoms with Crippen molar-refractivity contribution in [2.45, 2.75) is 77.9 Å². The number of nitrogens with one attached hydrogen (secondary N) is 3. The molecule has 4 aliphatic rings. The first kappa shape index (κ1) is 23.6. The number of benzene rings is 1. The minimum atomic E-state index is -0.577. The highest BCUT2D eigenvalue weighted by molar-refractivity contribution is 5.92. The van der Waals surface area contributed by atoms with Crippen molar-refractivity contribution in [1.29, 1.82) is 0 Å². The molecule has 0 aliphatic heterocycles. The molecule has 4 aliphatic carbocycles. The summed E-state index contributed by atoms with van der Waals surface area (Å²) >= 11 is 0. The van der Waals surface area contributed by atoms with E-state index >= 15 is 0 Å². The third kappa shape index (κ3) is 5.87. The zero-order valence-corrected chi connectivity index (χ0v) is 20.0. The van der Waals surface area contributed by atoms with Crippen LogP contribution < -0.4 is 16.0 Å². The van der Waals surface area contributed by atoms with Gasteiger partial charge in [-0.15, -0.1) is 0 Å². The van der Waals surface area contributed by atoms with E-state index in [0.29, 0.717) is 12.2 Å². The van der Waals surface area contributed by atoms with Gasteiger partial charge in [0.25, 0.3) is 0 Å². The summed E-state index contributed by atoms with van der Waals surface area (Å²) in [5, 5.41) is 8.69. The first-order valence-electron chi connectivity index (χ1n) is 12.2. The number of hydrogen-bond donors (Lipinski definition) is 3. The summed E-state index contributed by atoms with van der Waals surface area (Å²) in [6.07, 6.45) is 6.63. The summed E-state index contributed by atoms with van der Waals surface area (Å²) in [7, 11) is 0. The Kier molecular flexibility index (Phi) is 6.68. The third-order valence-electron chi connectivity index (χ3n) is 7.27. The number of carbonyl (C=O) groups excluding carboxylic acids is 3. The lowest BCUT2D eigenvalue weighted by molar-refractivity contribution is -0.146. The monoisotopic (exact) mass is 455 g/mol. The molecule has 0 aromatic heterocycles. The van der Waals surface area contributed by atoms with E-state index in [9.17, 15) is 14.4 Å². The van der Waals surface area contributed by atoms with Gasteiger partial charge in [0.05, 0.1) is 0 Å². The largest absolute Gasteiger partial charge is 0.444 e. The summed E-state index contributed by atoms with van der Waals surface area (Å²) in [6.45, 7) is 5.95. The normalized spacial score (nSPS) is 27.7. The molecule has 5 rings (SSSR count). The molecule has 3 amide bonds. The number of ether oxygens (including phenoxy) is 1. The number of anilines is 1. The molecule has 1 aromatic rings. The number of para-hydroxylation sites is 1. The number of rotatable bonds is 7. The Balaban J connectivity index is 1.28. The molecule has 0 heterocycles. The van der Waals surface area contributed by atoms with Crippen LogP contribution >= 0.6 is 0 Å². The van der Waals surface area contributed by atoms with Crippen LogP contribution in [-0.2, 0) is 20.9 Å². The number of hydrogen-bond acceptors (Lipinski definition) is 4. The smallest absolute Gasteiger partial charge is 0.407 e. The van der Waals surface area contributed by atoms with Gasteiger partial charge in [-0.3, -0.25) is 9.59 Å². The molecule has 7 heteroatoms. The third-order valence-corrected chi connectivity index (χ3v) is 7.27. The lowest BCUT2D eigenvalue weighted by atomic mass is 9.49. The van der Waals surface area contributed by atoms with Crippen molar-refractivity contribution in [3.8, 4) is 0 Å². The molecule has 33 heavy (non-hydrogen) atoms. The average Bonchev–Trinajstić information content (AvgIpc) is 2.70. The molecule has 0 saturated heterocycles. The van der Waals surface area contributed by atoms with Gasteiger partial charge in [0.2, 0.25) is 11.8 Å². The quantitative estimate of drug-likeness (QED) is 0.569. The Hall–Kier alpha value is -2.57. The standard InChI is InChI=1S/C26H37N3O4/c1-25(2,3)33-24(32)27-9-8-22(30)29-21-7-5-4-6-20(21)16-28-23(31)26-13-17-10-18(14-26)12-19(11-17)15-26/h4-7,17-19H,8-16H2,1-3H3,(H,27,32)(H,28,31)(H,29,30). The van der Waals surface area contributed by atoms with Crippen LogP contribution in [0, 0.1) is 23.2 Å². The highest BCUT2D eigenvalue weighted by Gasteiger charge is 2.54. The summed E-state index contributed by atoms with van der Waals surface area (Å²) < 4.78 is 5.18. The van der Waals surface area contributed by atoms with Gasteiger partial charge in [-0.05, 0) is 88.7 Å². The van der Waals surface area contributed by atoms with Gasteiger partial charge in [0.1, 0.15) is 5.60 Å². The van der Waals surface area contributed by atoms with Crippen molar-refractivity contribution in [3.05, 3.63) is 29.8 Å². The van der Waals surface area contributed by atoms with Gasteiger partial charge in [-0.25, -0.2) is 4.79 Å². The molecule has 3 N–H and O–H groups in total. The van der Waals surface area contributed by atoms with Crippen LogP contribution in [0.3, 0.4) is 0 Å². The van der Waals surface area contributed by atoms with Crippen LogP contribution in [0.25, 0.3) is 0 Å². The first-order valence-corrected chi connectivity index (χ1v) is 12.2. The fourth-order valence-corrected chi connectivity index (χ4v) is 6.35. The Labute approximate surface area is 196 Å². The average molecular weight is 456 g/mol. The second-order valence-electron chi connectivity index (χ2n) is 11.3. The van der Waals surface area contributed by atoms with E-state index in [1.807, 2.05) is 24.3 Å². The predicted octanol–water partition coefficient (Wildman–Crippen LogP) is 4.37. The van der Waals surface area contributed by atoms with E-state index in [0.717, 1.165) is 42.6 Å². The molecule has 0 unspecified atom stereocenters. The molecule has 0 spiro atoms.